The monoisotopic (exact) mass is 205 g/mol. The predicted molar refractivity (Wildman–Crippen MR) is 62.8 cm³/mol. The van der Waals surface area contributed by atoms with Gasteiger partial charge in [0.2, 0.25) is 5.91 Å². The lowest BCUT2D eigenvalue weighted by Crippen LogP contribution is -2.22. The van der Waals surface area contributed by atoms with E-state index in [1.165, 1.54) is 11.1 Å². The Labute approximate surface area is 91.7 Å². The normalized spacial score (nSPS) is 10.0. The number of carbonyl (C=O) groups is 1. The minimum absolute atomic E-state index is 0.157. The van der Waals surface area contributed by atoms with Crippen molar-refractivity contribution in [1.29, 1.82) is 0 Å². The molecule has 0 atom stereocenters. The Balaban J connectivity index is 2.26. The van der Waals surface area contributed by atoms with Crippen LogP contribution < -0.4 is 5.32 Å². The van der Waals surface area contributed by atoms with E-state index in [4.69, 9.17) is 0 Å². The number of aryl methyl sites for hydroxylation is 2. The van der Waals surface area contributed by atoms with Crippen LogP contribution >= 0.6 is 0 Å². The summed E-state index contributed by atoms with van der Waals surface area (Å²) in [7, 11) is 0. The van der Waals surface area contributed by atoms with Crippen LogP contribution in [0.3, 0.4) is 0 Å². The molecular formula is C13H19NO. The lowest BCUT2D eigenvalue weighted by atomic mass is 10.1. The SMILES string of the molecule is CCNC(=O)CCCc1ccc(C)cc1. The maximum atomic E-state index is 11.2. The van der Waals surface area contributed by atoms with Gasteiger partial charge in [-0.2, -0.15) is 0 Å². The molecule has 0 saturated heterocycles. The fourth-order valence-corrected chi connectivity index (χ4v) is 1.49. The minimum Gasteiger partial charge on any atom is -0.356 e. The second-order valence-corrected chi connectivity index (χ2v) is 3.79. The summed E-state index contributed by atoms with van der Waals surface area (Å²) in [6.45, 7) is 4.75. The third kappa shape index (κ3) is 4.63. The number of rotatable bonds is 5. The van der Waals surface area contributed by atoms with Gasteiger partial charge in [-0.25, -0.2) is 0 Å². The Bertz CT molecular complexity index is 303. The van der Waals surface area contributed by atoms with Gasteiger partial charge < -0.3 is 5.32 Å². The van der Waals surface area contributed by atoms with Crippen LogP contribution in [0.2, 0.25) is 0 Å². The van der Waals surface area contributed by atoms with E-state index in [0.717, 1.165) is 19.4 Å². The van der Waals surface area contributed by atoms with Crippen LogP contribution in [0.1, 0.15) is 30.9 Å². The second kappa shape index (κ2) is 6.23. The van der Waals surface area contributed by atoms with Crippen LogP contribution in [0.5, 0.6) is 0 Å². The molecule has 0 saturated carbocycles. The van der Waals surface area contributed by atoms with Crippen molar-refractivity contribution in [3.8, 4) is 0 Å². The van der Waals surface area contributed by atoms with Gasteiger partial charge in [-0.15, -0.1) is 0 Å². The highest BCUT2D eigenvalue weighted by atomic mass is 16.1. The Kier molecular flexibility index (Phi) is 4.88. The van der Waals surface area contributed by atoms with Gasteiger partial charge in [-0.3, -0.25) is 4.79 Å². The largest absolute Gasteiger partial charge is 0.356 e. The van der Waals surface area contributed by atoms with Gasteiger partial charge in [-0.05, 0) is 32.3 Å². The molecule has 2 heteroatoms. The third-order valence-corrected chi connectivity index (χ3v) is 2.36. The quantitative estimate of drug-likeness (QED) is 0.786. The summed E-state index contributed by atoms with van der Waals surface area (Å²) < 4.78 is 0. The van der Waals surface area contributed by atoms with E-state index in [2.05, 4.69) is 36.5 Å². The summed E-state index contributed by atoms with van der Waals surface area (Å²) in [5, 5.41) is 2.80. The topological polar surface area (TPSA) is 29.1 Å². The van der Waals surface area contributed by atoms with Crippen molar-refractivity contribution in [2.75, 3.05) is 6.54 Å². The van der Waals surface area contributed by atoms with Crippen LogP contribution in [0.15, 0.2) is 24.3 Å². The summed E-state index contributed by atoms with van der Waals surface area (Å²) >= 11 is 0. The third-order valence-electron chi connectivity index (χ3n) is 2.36. The number of carbonyl (C=O) groups excluding carboxylic acids is 1. The summed E-state index contributed by atoms with van der Waals surface area (Å²) in [6, 6.07) is 8.49. The van der Waals surface area contributed by atoms with Crippen LogP contribution in [-0.4, -0.2) is 12.5 Å². The first-order valence-electron chi connectivity index (χ1n) is 5.54. The fraction of sp³-hybridized carbons (Fsp3) is 0.462. The van der Waals surface area contributed by atoms with Crippen molar-refractivity contribution in [2.24, 2.45) is 0 Å². The molecule has 0 fully saturated rings. The van der Waals surface area contributed by atoms with Crippen molar-refractivity contribution in [3.63, 3.8) is 0 Å². The van der Waals surface area contributed by atoms with E-state index < -0.39 is 0 Å². The van der Waals surface area contributed by atoms with Crippen molar-refractivity contribution in [2.45, 2.75) is 33.1 Å². The average Bonchev–Trinajstić information content (AvgIpc) is 2.21. The zero-order chi connectivity index (χ0) is 11.1. The second-order valence-electron chi connectivity index (χ2n) is 3.79. The van der Waals surface area contributed by atoms with E-state index >= 15 is 0 Å². The first-order valence-corrected chi connectivity index (χ1v) is 5.54. The van der Waals surface area contributed by atoms with E-state index in [0.29, 0.717) is 6.42 Å². The molecular weight excluding hydrogens is 186 g/mol. The van der Waals surface area contributed by atoms with Crippen LogP contribution in [0.25, 0.3) is 0 Å². The maximum Gasteiger partial charge on any atom is 0.219 e. The molecule has 0 aromatic heterocycles. The smallest absolute Gasteiger partial charge is 0.219 e. The van der Waals surface area contributed by atoms with Crippen molar-refractivity contribution in [1.82, 2.24) is 5.32 Å². The molecule has 1 N–H and O–H groups in total. The molecule has 0 aliphatic carbocycles. The van der Waals surface area contributed by atoms with Crippen LogP contribution in [0, 0.1) is 6.92 Å². The summed E-state index contributed by atoms with van der Waals surface area (Å²) in [6.07, 6.45) is 2.54. The summed E-state index contributed by atoms with van der Waals surface area (Å²) in [4.78, 5) is 11.2. The van der Waals surface area contributed by atoms with Gasteiger partial charge in [0.15, 0.2) is 0 Å². The summed E-state index contributed by atoms with van der Waals surface area (Å²) in [5.74, 6) is 0.157. The first-order chi connectivity index (χ1) is 7.22. The number of amides is 1. The van der Waals surface area contributed by atoms with Gasteiger partial charge in [0, 0.05) is 13.0 Å². The van der Waals surface area contributed by atoms with Crippen LogP contribution in [-0.2, 0) is 11.2 Å². The molecule has 1 amide bonds. The van der Waals surface area contributed by atoms with E-state index in [1.54, 1.807) is 0 Å². The van der Waals surface area contributed by atoms with Gasteiger partial charge in [0.05, 0.1) is 0 Å². The lowest BCUT2D eigenvalue weighted by molar-refractivity contribution is -0.121. The maximum absolute atomic E-state index is 11.2. The standard InChI is InChI=1S/C13H19NO/c1-3-14-13(15)6-4-5-12-9-7-11(2)8-10-12/h7-10H,3-6H2,1-2H3,(H,14,15). The van der Waals surface area contributed by atoms with Crippen LogP contribution in [0.4, 0.5) is 0 Å². The zero-order valence-electron chi connectivity index (χ0n) is 9.55. The molecule has 0 radical (unpaired) electrons. The number of benzene rings is 1. The highest BCUT2D eigenvalue weighted by Gasteiger charge is 1.99. The number of nitrogens with one attached hydrogen (secondary N) is 1. The number of hydrogen-bond acceptors (Lipinski definition) is 1. The highest BCUT2D eigenvalue weighted by molar-refractivity contribution is 5.75. The molecule has 1 aromatic rings. The molecule has 82 valence electrons. The molecule has 0 bridgehead atoms. The van der Waals surface area contributed by atoms with Gasteiger partial charge in [0.1, 0.15) is 0 Å². The average molecular weight is 205 g/mol. The van der Waals surface area contributed by atoms with E-state index in [9.17, 15) is 4.79 Å². The molecule has 1 rings (SSSR count). The number of hydrogen-bond donors (Lipinski definition) is 1. The molecule has 0 spiro atoms. The molecule has 15 heavy (non-hydrogen) atoms. The van der Waals surface area contributed by atoms with Gasteiger partial charge >= 0.3 is 0 Å². The Morgan fingerprint density at radius 2 is 1.93 bits per heavy atom. The van der Waals surface area contributed by atoms with Crippen molar-refractivity contribution < 1.29 is 4.79 Å². The molecule has 1 aromatic carbocycles. The van der Waals surface area contributed by atoms with E-state index in [-0.39, 0.29) is 5.91 Å². The Hall–Kier alpha value is -1.31. The predicted octanol–water partition coefficient (Wildman–Crippen LogP) is 2.45. The fourth-order valence-electron chi connectivity index (χ4n) is 1.49. The minimum atomic E-state index is 0.157. The Morgan fingerprint density at radius 1 is 1.27 bits per heavy atom. The zero-order valence-corrected chi connectivity index (χ0v) is 9.55. The van der Waals surface area contributed by atoms with Crippen molar-refractivity contribution >= 4 is 5.91 Å². The summed E-state index contributed by atoms with van der Waals surface area (Å²) in [5.41, 5.74) is 2.59. The highest BCUT2D eigenvalue weighted by Crippen LogP contribution is 2.06. The molecule has 0 heterocycles. The molecule has 0 unspecified atom stereocenters. The van der Waals surface area contributed by atoms with E-state index in [1.807, 2.05) is 6.92 Å². The van der Waals surface area contributed by atoms with Crippen molar-refractivity contribution in [3.05, 3.63) is 35.4 Å². The Morgan fingerprint density at radius 3 is 2.53 bits per heavy atom. The van der Waals surface area contributed by atoms with Gasteiger partial charge in [0.25, 0.3) is 0 Å². The molecule has 0 aliphatic heterocycles. The molecule has 0 aliphatic rings. The lowest BCUT2D eigenvalue weighted by Gasteiger charge is -2.03. The molecule has 2 nitrogen and oxygen atoms in total. The first kappa shape index (κ1) is 11.8. The van der Waals surface area contributed by atoms with Gasteiger partial charge in [-0.1, -0.05) is 29.8 Å².